The van der Waals surface area contributed by atoms with E-state index in [1.54, 1.807) is 0 Å². The van der Waals surface area contributed by atoms with Crippen molar-refractivity contribution in [2.24, 2.45) is 5.92 Å². The summed E-state index contributed by atoms with van der Waals surface area (Å²) in [5.41, 5.74) is 0. The lowest BCUT2D eigenvalue weighted by Gasteiger charge is -2.33. The Morgan fingerprint density at radius 1 is 1.27 bits per heavy atom. The van der Waals surface area contributed by atoms with Crippen LogP contribution in [0, 0.1) is 5.92 Å². The summed E-state index contributed by atoms with van der Waals surface area (Å²) in [6.07, 6.45) is 2.35. The summed E-state index contributed by atoms with van der Waals surface area (Å²) in [4.78, 5) is 2.40. The van der Waals surface area contributed by atoms with Crippen LogP contribution in [0.1, 0.15) is 33.6 Å². The highest BCUT2D eigenvalue weighted by atomic mass is 16.3. The third-order valence-electron chi connectivity index (χ3n) is 3.18. The van der Waals surface area contributed by atoms with Crippen molar-refractivity contribution in [1.82, 2.24) is 10.2 Å². The second-order valence-corrected chi connectivity index (χ2v) is 5.09. The van der Waals surface area contributed by atoms with E-state index in [1.165, 1.54) is 12.8 Å². The lowest BCUT2D eigenvalue weighted by Crippen LogP contribution is -2.42. The monoisotopic (exact) mass is 214 g/mol. The number of piperidine rings is 1. The quantitative estimate of drug-likeness (QED) is 0.719. The van der Waals surface area contributed by atoms with Gasteiger partial charge in [-0.2, -0.15) is 0 Å². The molecule has 1 saturated heterocycles. The van der Waals surface area contributed by atoms with E-state index >= 15 is 0 Å². The van der Waals surface area contributed by atoms with Crippen LogP contribution in [0.15, 0.2) is 0 Å². The van der Waals surface area contributed by atoms with Crippen LogP contribution in [0.4, 0.5) is 0 Å². The van der Waals surface area contributed by atoms with Crippen molar-refractivity contribution in [2.75, 3.05) is 26.2 Å². The third kappa shape index (κ3) is 4.96. The molecule has 2 N–H and O–H groups in total. The summed E-state index contributed by atoms with van der Waals surface area (Å²) in [7, 11) is 0. The molecule has 1 rings (SSSR count). The van der Waals surface area contributed by atoms with E-state index < -0.39 is 0 Å². The molecule has 1 aliphatic rings. The standard InChI is InChI=1S/C12H26N2O/c1-10(2)14(8-11(3)15)9-12-4-6-13-7-5-12/h10-13,15H,4-9H2,1-3H3/t11-/m1/s1. The van der Waals surface area contributed by atoms with Gasteiger partial charge in [0.25, 0.3) is 0 Å². The Morgan fingerprint density at radius 3 is 2.33 bits per heavy atom. The van der Waals surface area contributed by atoms with Crippen molar-refractivity contribution in [3.05, 3.63) is 0 Å². The lowest BCUT2D eigenvalue weighted by atomic mass is 9.97. The van der Waals surface area contributed by atoms with Gasteiger partial charge in [0.15, 0.2) is 0 Å². The van der Waals surface area contributed by atoms with E-state index in [0.29, 0.717) is 6.04 Å². The minimum absolute atomic E-state index is 0.214. The first-order valence-electron chi connectivity index (χ1n) is 6.22. The molecule has 15 heavy (non-hydrogen) atoms. The van der Waals surface area contributed by atoms with Gasteiger partial charge in [0, 0.05) is 19.1 Å². The predicted molar refractivity (Wildman–Crippen MR) is 64.0 cm³/mol. The minimum Gasteiger partial charge on any atom is -0.392 e. The highest BCUT2D eigenvalue weighted by Crippen LogP contribution is 2.15. The van der Waals surface area contributed by atoms with Gasteiger partial charge in [0.05, 0.1) is 6.10 Å². The molecular formula is C12H26N2O. The minimum atomic E-state index is -0.214. The number of aliphatic hydroxyl groups excluding tert-OH is 1. The van der Waals surface area contributed by atoms with Gasteiger partial charge in [-0.05, 0) is 52.6 Å². The van der Waals surface area contributed by atoms with Crippen LogP contribution >= 0.6 is 0 Å². The number of aliphatic hydroxyl groups is 1. The molecule has 1 fully saturated rings. The molecule has 3 nitrogen and oxygen atoms in total. The van der Waals surface area contributed by atoms with Gasteiger partial charge >= 0.3 is 0 Å². The van der Waals surface area contributed by atoms with Crippen molar-refractivity contribution in [3.8, 4) is 0 Å². The Labute approximate surface area is 93.9 Å². The molecule has 0 saturated carbocycles. The number of nitrogens with zero attached hydrogens (tertiary/aromatic N) is 1. The smallest absolute Gasteiger partial charge is 0.0639 e. The highest BCUT2D eigenvalue weighted by molar-refractivity contribution is 4.75. The predicted octanol–water partition coefficient (Wildman–Crippen LogP) is 1.08. The first-order chi connectivity index (χ1) is 7.09. The Hall–Kier alpha value is -0.120. The molecule has 0 aromatic heterocycles. The van der Waals surface area contributed by atoms with Crippen molar-refractivity contribution < 1.29 is 5.11 Å². The van der Waals surface area contributed by atoms with Crippen LogP contribution in [-0.2, 0) is 0 Å². The van der Waals surface area contributed by atoms with Gasteiger partial charge in [0.2, 0.25) is 0 Å². The normalized spacial score (nSPS) is 21.2. The largest absolute Gasteiger partial charge is 0.392 e. The third-order valence-corrected chi connectivity index (χ3v) is 3.18. The van der Waals surface area contributed by atoms with E-state index in [2.05, 4.69) is 24.1 Å². The van der Waals surface area contributed by atoms with E-state index in [1.807, 2.05) is 6.92 Å². The maximum atomic E-state index is 9.45. The van der Waals surface area contributed by atoms with Crippen LogP contribution in [0.3, 0.4) is 0 Å². The molecular weight excluding hydrogens is 188 g/mol. The van der Waals surface area contributed by atoms with Gasteiger partial charge in [-0.15, -0.1) is 0 Å². The summed E-state index contributed by atoms with van der Waals surface area (Å²) in [5.74, 6) is 0.812. The van der Waals surface area contributed by atoms with Gasteiger partial charge in [-0.3, -0.25) is 4.90 Å². The van der Waals surface area contributed by atoms with E-state index in [4.69, 9.17) is 0 Å². The molecule has 90 valence electrons. The van der Waals surface area contributed by atoms with Gasteiger partial charge in [-0.1, -0.05) is 0 Å². The van der Waals surface area contributed by atoms with Gasteiger partial charge in [0.1, 0.15) is 0 Å². The van der Waals surface area contributed by atoms with Crippen LogP contribution in [0.25, 0.3) is 0 Å². The van der Waals surface area contributed by atoms with E-state index in [0.717, 1.165) is 32.1 Å². The lowest BCUT2D eigenvalue weighted by molar-refractivity contribution is 0.0900. The topological polar surface area (TPSA) is 35.5 Å². The summed E-state index contributed by atoms with van der Waals surface area (Å²) in [6.45, 7) is 10.6. The zero-order valence-electron chi connectivity index (χ0n) is 10.4. The fourth-order valence-corrected chi connectivity index (χ4v) is 2.23. The number of hydrogen-bond donors (Lipinski definition) is 2. The summed E-state index contributed by atoms with van der Waals surface area (Å²) < 4.78 is 0. The molecule has 1 aliphatic heterocycles. The van der Waals surface area contributed by atoms with Crippen LogP contribution < -0.4 is 5.32 Å². The van der Waals surface area contributed by atoms with Crippen molar-refractivity contribution >= 4 is 0 Å². The maximum Gasteiger partial charge on any atom is 0.0639 e. The van der Waals surface area contributed by atoms with Crippen LogP contribution in [-0.4, -0.2) is 48.3 Å². The fraction of sp³-hybridized carbons (Fsp3) is 1.00. The molecule has 0 aliphatic carbocycles. The average molecular weight is 214 g/mol. The molecule has 0 bridgehead atoms. The Morgan fingerprint density at radius 2 is 1.87 bits per heavy atom. The summed E-state index contributed by atoms with van der Waals surface area (Å²) in [6, 6.07) is 0.537. The van der Waals surface area contributed by atoms with Gasteiger partial charge < -0.3 is 10.4 Å². The molecule has 3 heteroatoms. The fourth-order valence-electron chi connectivity index (χ4n) is 2.23. The van der Waals surface area contributed by atoms with Crippen molar-refractivity contribution in [3.63, 3.8) is 0 Å². The molecule has 0 amide bonds. The van der Waals surface area contributed by atoms with E-state index in [9.17, 15) is 5.11 Å². The Balaban J connectivity index is 2.35. The molecule has 0 aromatic rings. The van der Waals surface area contributed by atoms with Crippen LogP contribution in [0.2, 0.25) is 0 Å². The summed E-state index contributed by atoms with van der Waals surface area (Å²) >= 11 is 0. The SMILES string of the molecule is CC(C)N(CC1CCNCC1)C[C@@H](C)O. The second-order valence-electron chi connectivity index (χ2n) is 5.09. The summed E-state index contributed by atoms with van der Waals surface area (Å²) in [5, 5.41) is 12.8. The molecule has 1 heterocycles. The van der Waals surface area contributed by atoms with E-state index in [-0.39, 0.29) is 6.10 Å². The molecule has 0 spiro atoms. The first-order valence-corrected chi connectivity index (χ1v) is 6.22. The molecule has 0 radical (unpaired) electrons. The number of hydrogen-bond acceptors (Lipinski definition) is 3. The molecule has 0 unspecified atom stereocenters. The highest BCUT2D eigenvalue weighted by Gasteiger charge is 2.19. The maximum absolute atomic E-state index is 9.45. The van der Waals surface area contributed by atoms with Gasteiger partial charge in [-0.25, -0.2) is 0 Å². The van der Waals surface area contributed by atoms with Crippen LogP contribution in [0.5, 0.6) is 0 Å². The van der Waals surface area contributed by atoms with Crippen molar-refractivity contribution in [2.45, 2.75) is 45.8 Å². The number of nitrogens with one attached hydrogen (secondary N) is 1. The molecule has 0 aromatic carbocycles. The average Bonchev–Trinajstić information content (AvgIpc) is 2.17. The second kappa shape index (κ2) is 6.46. The Bertz CT molecular complexity index is 165. The molecule has 1 atom stereocenters. The first kappa shape index (κ1) is 12.9. The number of rotatable bonds is 5. The zero-order chi connectivity index (χ0) is 11.3. The van der Waals surface area contributed by atoms with Crippen molar-refractivity contribution in [1.29, 1.82) is 0 Å². The zero-order valence-corrected chi connectivity index (χ0v) is 10.4. The Kier molecular flexibility index (Phi) is 5.58.